The summed E-state index contributed by atoms with van der Waals surface area (Å²) < 4.78 is 43.6. The number of benzene rings is 1. The van der Waals surface area contributed by atoms with Crippen molar-refractivity contribution in [2.75, 3.05) is 18.5 Å². The zero-order chi connectivity index (χ0) is 16.2. The Kier molecular flexibility index (Phi) is 5.02. The van der Waals surface area contributed by atoms with E-state index in [9.17, 15) is 22.8 Å². The molecule has 1 heterocycles. The minimum Gasteiger partial charge on any atom is -0.376 e. The van der Waals surface area contributed by atoms with Crippen molar-refractivity contribution in [1.82, 2.24) is 5.32 Å². The number of hydrogen-bond donors (Lipinski definition) is 2. The van der Waals surface area contributed by atoms with Crippen molar-refractivity contribution in [3.05, 3.63) is 29.8 Å². The van der Waals surface area contributed by atoms with Crippen LogP contribution in [0.3, 0.4) is 0 Å². The highest BCUT2D eigenvalue weighted by Crippen LogP contribution is 2.34. The summed E-state index contributed by atoms with van der Waals surface area (Å²) >= 11 is 0. The number of nitrogens with one attached hydrogen (secondary N) is 2. The van der Waals surface area contributed by atoms with Gasteiger partial charge in [-0.2, -0.15) is 13.2 Å². The molecule has 0 saturated carbocycles. The van der Waals surface area contributed by atoms with E-state index in [0.29, 0.717) is 6.61 Å². The lowest BCUT2D eigenvalue weighted by atomic mass is 10.1. The number of carbonyl (C=O) groups is 2. The minimum atomic E-state index is -4.61. The number of carbonyl (C=O) groups excluding carboxylic acids is 2. The molecule has 8 heteroatoms. The molecule has 1 aliphatic rings. The number of para-hydroxylation sites is 1. The lowest BCUT2D eigenvalue weighted by molar-refractivity contribution is -0.138. The van der Waals surface area contributed by atoms with Gasteiger partial charge in [0.05, 0.1) is 17.4 Å². The molecule has 1 aromatic carbocycles. The topological polar surface area (TPSA) is 67.4 Å². The van der Waals surface area contributed by atoms with Gasteiger partial charge in [0.15, 0.2) is 0 Å². The van der Waals surface area contributed by atoms with E-state index in [4.69, 9.17) is 4.74 Å². The normalized spacial score (nSPS) is 18.0. The van der Waals surface area contributed by atoms with Crippen molar-refractivity contribution < 1.29 is 27.5 Å². The van der Waals surface area contributed by atoms with Crippen LogP contribution in [0.15, 0.2) is 24.3 Å². The zero-order valence-electron chi connectivity index (χ0n) is 11.6. The number of halogens is 3. The Bertz CT molecular complexity index is 555. The van der Waals surface area contributed by atoms with E-state index >= 15 is 0 Å². The van der Waals surface area contributed by atoms with Gasteiger partial charge in [0.1, 0.15) is 0 Å². The molecule has 1 atom stereocenters. The predicted octanol–water partition coefficient (Wildman–Crippen LogP) is 1.94. The number of alkyl halides is 3. The summed E-state index contributed by atoms with van der Waals surface area (Å²) in [7, 11) is 0. The lowest BCUT2D eigenvalue weighted by Crippen LogP contribution is -2.39. The van der Waals surface area contributed by atoms with E-state index in [2.05, 4.69) is 5.32 Å². The third kappa shape index (κ3) is 4.20. The van der Waals surface area contributed by atoms with Gasteiger partial charge in [-0.05, 0) is 25.0 Å². The Morgan fingerprint density at radius 2 is 1.95 bits per heavy atom. The quantitative estimate of drug-likeness (QED) is 0.838. The second kappa shape index (κ2) is 6.78. The zero-order valence-corrected chi connectivity index (χ0v) is 11.6. The molecule has 2 rings (SSSR count). The maximum Gasteiger partial charge on any atom is 0.418 e. The van der Waals surface area contributed by atoms with Crippen molar-refractivity contribution in [3.8, 4) is 0 Å². The summed E-state index contributed by atoms with van der Waals surface area (Å²) in [6, 6.07) is 4.47. The van der Waals surface area contributed by atoms with Crippen molar-refractivity contribution >= 4 is 17.5 Å². The van der Waals surface area contributed by atoms with Crippen LogP contribution in [0.1, 0.15) is 18.4 Å². The van der Waals surface area contributed by atoms with Crippen molar-refractivity contribution in [2.45, 2.75) is 25.1 Å². The molecule has 0 spiro atoms. The molecule has 1 fully saturated rings. The number of ether oxygens (including phenoxy) is 1. The SMILES string of the molecule is O=C(NCC1CCCO1)C(=O)Nc1ccccc1C(F)(F)F. The third-order valence-electron chi connectivity index (χ3n) is 3.20. The van der Waals surface area contributed by atoms with Crippen molar-refractivity contribution in [2.24, 2.45) is 0 Å². The highest BCUT2D eigenvalue weighted by atomic mass is 19.4. The number of hydrogen-bond acceptors (Lipinski definition) is 3. The first-order chi connectivity index (χ1) is 10.4. The van der Waals surface area contributed by atoms with Gasteiger partial charge in [0, 0.05) is 13.2 Å². The van der Waals surface area contributed by atoms with Crippen LogP contribution in [-0.2, 0) is 20.5 Å². The van der Waals surface area contributed by atoms with E-state index in [0.717, 1.165) is 25.0 Å². The maximum atomic E-state index is 12.8. The van der Waals surface area contributed by atoms with Crippen LogP contribution in [-0.4, -0.2) is 31.1 Å². The molecule has 1 saturated heterocycles. The standard InChI is InChI=1S/C14H15F3N2O3/c15-14(16,17)10-5-1-2-6-11(10)19-13(21)12(20)18-8-9-4-3-7-22-9/h1-2,5-6,9H,3-4,7-8H2,(H,18,20)(H,19,21). The van der Waals surface area contributed by atoms with Gasteiger partial charge in [-0.3, -0.25) is 9.59 Å². The van der Waals surface area contributed by atoms with Crippen LogP contribution >= 0.6 is 0 Å². The minimum absolute atomic E-state index is 0.154. The van der Waals surface area contributed by atoms with Gasteiger partial charge >= 0.3 is 18.0 Å². The summed E-state index contributed by atoms with van der Waals surface area (Å²) in [5.41, 5.74) is -1.46. The third-order valence-corrected chi connectivity index (χ3v) is 3.20. The average Bonchev–Trinajstić information content (AvgIpc) is 2.97. The van der Waals surface area contributed by atoms with Gasteiger partial charge < -0.3 is 15.4 Å². The largest absolute Gasteiger partial charge is 0.418 e. The Hall–Kier alpha value is -2.09. The molecule has 0 aromatic heterocycles. The van der Waals surface area contributed by atoms with Crippen LogP contribution in [0, 0.1) is 0 Å². The fraction of sp³-hybridized carbons (Fsp3) is 0.429. The Morgan fingerprint density at radius 1 is 1.23 bits per heavy atom. The van der Waals surface area contributed by atoms with E-state index < -0.39 is 29.2 Å². The summed E-state index contributed by atoms with van der Waals surface area (Å²) in [6.07, 6.45) is -3.11. The highest BCUT2D eigenvalue weighted by molar-refractivity contribution is 6.39. The molecule has 0 bridgehead atoms. The van der Waals surface area contributed by atoms with Crippen LogP contribution in [0.25, 0.3) is 0 Å². The van der Waals surface area contributed by atoms with Gasteiger partial charge in [0.2, 0.25) is 0 Å². The first kappa shape index (κ1) is 16.3. The van der Waals surface area contributed by atoms with Crippen LogP contribution in [0.5, 0.6) is 0 Å². The first-order valence-electron chi connectivity index (χ1n) is 6.75. The van der Waals surface area contributed by atoms with E-state index in [1.807, 2.05) is 5.32 Å². The molecule has 1 aliphatic heterocycles. The van der Waals surface area contributed by atoms with Gasteiger partial charge in [0.25, 0.3) is 0 Å². The molecular weight excluding hydrogens is 301 g/mol. The van der Waals surface area contributed by atoms with E-state index in [-0.39, 0.29) is 12.6 Å². The summed E-state index contributed by atoms with van der Waals surface area (Å²) in [5, 5.41) is 4.33. The Morgan fingerprint density at radius 3 is 2.59 bits per heavy atom. The molecule has 0 radical (unpaired) electrons. The molecule has 2 N–H and O–H groups in total. The molecule has 0 aliphatic carbocycles. The summed E-state index contributed by atoms with van der Waals surface area (Å²) in [4.78, 5) is 23.3. The smallest absolute Gasteiger partial charge is 0.376 e. The average molecular weight is 316 g/mol. The molecule has 2 amide bonds. The number of anilines is 1. The van der Waals surface area contributed by atoms with Gasteiger partial charge in [-0.1, -0.05) is 12.1 Å². The van der Waals surface area contributed by atoms with Crippen molar-refractivity contribution in [3.63, 3.8) is 0 Å². The Balaban J connectivity index is 1.95. The molecule has 1 unspecified atom stereocenters. The van der Waals surface area contributed by atoms with Crippen molar-refractivity contribution in [1.29, 1.82) is 0 Å². The monoisotopic (exact) mass is 316 g/mol. The number of amides is 2. The second-order valence-electron chi connectivity index (χ2n) is 4.84. The molecule has 5 nitrogen and oxygen atoms in total. The Labute approximate surface area is 124 Å². The van der Waals surface area contributed by atoms with Gasteiger partial charge in [-0.25, -0.2) is 0 Å². The molecular formula is C14H15F3N2O3. The molecule has 1 aromatic rings. The fourth-order valence-corrected chi connectivity index (χ4v) is 2.11. The summed E-state index contributed by atoms with van der Waals surface area (Å²) in [5.74, 6) is -2.14. The predicted molar refractivity (Wildman–Crippen MR) is 72.1 cm³/mol. The maximum absolute atomic E-state index is 12.8. The highest BCUT2D eigenvalue weighted by Gasteiger charge is 2.34. The first-order valence-corrected chi connectivity index (χ1v) is 6.75. The lowest BCUT2D eigenvalue weighted by Gasteiger charge is -2.14. The van der Waals surface area contributed by atoms with Crippen LogP contribution in [0.4, 0.5) is 18.9 Å². The molecule has 120 valence electrons. The number of rotatable bonds is 3. The van der Waals surface area contributed by atoms with Crippen LogP contribution in [0.2, 0.25) is 0 Å². The van der Waals surface area contributed by atoms with Gasteiger partial charge in [-0.15, -0.1) is 0 Å². The second-order valence-corrected chi connectivity index (χ2v) is 4.84. The molecule has 22 heavy (non-hydrogen) atoms. The van der Waals surface area contributed by atoms with E-state index in [1.165, 1.54) is 12.1 Å². The van der Waals surface area contributed by atoms with Crippen LogP contribution < -0.4 is 10.6 Å². The fourth-order valence-electron chi connectivity index (χ4n) is 2.11. The van der Waals surface area contributed by atoms with E-state index in [1.54, 1.807) is 0 Å². The summed E-state index contributed by atoms with van der Waals surface area (Å²) in [6.45, 7) is 0.763.